The third kappa shape index (κ3) is 4.57. The normalized spacial score (nSPS) is 13.4. The summed E-state index contributed by atoms with van der Waals surface area (Å²) in [4.78, 5) is 0. The van der Waals surface area contributed by atoms with Crippen molar-refractivity contribution < 1.29 is 13.2 Å². The summed E-state index contributed by atoms with van der Waals surface area (Å²) in [5.41, 5.74) is -0.586. The molecule has 87 valence electrons. The fraction of sp³-hybridized carbons (Fsp3) is 0.455. The topological polar surface area (TPSA) is 0 Å². The molecule has 1 rings (SSSR count). The van der Waals surface area contributed by atoms with Gasteiger partial charge in [0, 0.05) is 0 Å². The molecule has 0 aromatic heterocycles. The van der Waals surface area contributed by atoms with E-state index in [9.17, 15) is 13.2 Å². The Hall–Kier alpha value is -0.495. The Kier molecular flexibility index (Phi) is 4.06. The van der Waals surface area contributed by atoms with E-state index in [0.29, 0.717) is 8.46 Å². The number of halogens is 3. The molecule has 0 saturated carbocycles. The van der Waals surface area contributed by atoms with Crippen molar-refractivity contribution in [1.29, 1.82) is 0 Å². The van der Waals surface area contributed by atoms with Crippen LogP contribution in [-0.4, -0.2) is 7.00 Å². The SMILES string of the molecule is CC(C)(C)[B]Pc1ccc(C(F)(F)F)cc1. The number of rotatable bonds is 2. The van der Waals surface area contributed by atoms with Gasteiger partial charge in [-0.25, -0.2) is 0 Å². The summed E-state index contributed by atoms with van der Waals surface area (Å²) in [6.07, 6.45) is -4.24. The minimum absolute atomic E-state index is 0.0984. The minimum atomic E-state index is -4.24. The molecule has 0 amide bonds. The van der Waals surface area contributed by atoms with E-state index in [-0.39, 0.29) is 5.31 Å². The van der Waals surface area contributed by atoms with E-state index >= 15 is 0 Å². The Morgan fingerprint density at radius 2 is 1.50 bits per heavy atom. The Bertz CT molecular complexity index is 338. The summed E-state index contributed by atoms with van der Waals surface area (Å²) >= 11 is 0. The fourth-order valence-electron chi connectivity index (χ4n) is 1.06. The molecule has 0 heterocycles. The van der Waals surface area contributed by atoms with Crippen molar-refractivity contribution in [3.8, 4) is 0 Å². The monoisotopic (exact) mass is 245 g/mol. The maximum Gasteiger partial charge on any atom is 0.416 e. The van der Waals surface area contributed by atoms with Crippen molar-refractivity contribution in [3.05, 3.63) is 29.8 Å². The lowest BCUT2D eigenvalue weighted by Gasteiger charge is -2.16. The molecule has 0 bridgehead atoms. The Balaban J connectivity index is 2.66. The number of hydrogen-bond acceptors (Lipinski definition) is 0. The smallest absolute Gasteiger partial charge is 0.166 e. The highest BCUT2D eigenvalue weighted by Gasteiger charge is 2.29. The van der Waals surface area contributed by atoms with Crippen LogP contribution in [0.15, 0.2) is 24.3 Å². The van der Waals surface area contributed by atoms with E-state index in [4.69, 9.17) is 0 Å². The van der Waals surface area contributed by atoms with Gasteiger partial charge in [0.25, 0.3) is 0 Å². The quantitative estimate of drug-likeness (QED) is 0.548. The molecule has 1 unspecified atom stereocenters. The molecule has 0 aliphatic rings. The minimum Gasteiger partial charge on any atom is -0.166 e. The van der Waals surface area contributed by atoms with Gasteiger partial charge in [-0.05, 0) is 17.4 Å². The predicted molar refractivity (Wildman–Crippen MR) is 64.9 cm³/mol. The first-order valence-corrected chi connectivity index (χ1v) is 6.04. The summed E-state index contributed by atoms with van der Waals surface area (Å²) in [7, 11) is 0.443. The van der Waals surface area contributed by atoms with Crippen molar-refractivity contribution in [3.63, 3.8) is 0 Å². The number of alkyl halides is 3. The van der Waals surface area contributed by atoms with Crippen molar-refractivity contribution in [2.24, 2.45) is 0 Å². The van der Waals surface area contributed by atoms with Crippen LogP contribution in [0.5, 0.6) is 0 Å². The number of benzene rings is 1. The van der Waals surface area contributed by atoms with E-state index in [1.54, 1.807) is 12.1 Å². The summed E-state index contributed by atoms with van der Waals surface area (Å²) in [6.45, 7) is 8.34. The average Bonchev–Trinajstić information content (AvgIpc) is 2.13. The lowest BCUT2D eigenvalue weighted by atomic mass is 9.73. The lowest BCUT2D eigenvalue weighted by Crippen LogP contribution is -2.09. The third-order valence-corrected chi connectivity index (χ3v) is 3.56. The second-order valence-electron chi connectivity index (χ2n) is 4.73. The van der Waals surface area contributed by atoms with Gasteiger partial charge in [0.1, 0.15) is 0 Å². The molecule has 16 heavy (non-hydrogen) atoms. The van der Waals surface area contributed by atoms with E-state index in [2.05, 4.69) is 27.8 Å². The van der Waals surface area contributed by atoms with Gasteiger partial charge in [0.15, 0.2) is 7.00 Å². The molecular formula is C11H14BF3P. The van der Waals surface area contributed by atoms with E-state index in [1.807, 2.05) is 0 Å². The molecule has 0 spiro atoms. The molecule has 0 N–H and O–H groups in total. The molecule has 0 nitrogen and oxygen atoms in total. The van der Waals surface area contributed by atoms with Crippen LogP contribution < -0.4 is 5.30 Å². The van der Waals surface area contributed by atoms with Gasteiger partial charge in [0.2, 0.25) is 0 Å². The predicted octanol–water partition coefficient (Wildman–Crippen LogP) is 3.85. The van der Waals surface area contributed by atoms with Crippen molar-refractivity contribution in [1.82, 2.24) is 0 Å². The molecule has 1 aromatic carbocycles. The molecule has 0 saturated heterocycles. The highest BCUT2D eigenvalue weighted by atomic mass is 31.1. The van der Waals surface area contributed by atoms with E-state index < -0.39 is 11.7 Å². The second-order valence-corrected chi connectivity index (χ2v) is 5.88. The third-order valence-electron chi connectivity index (χ3n) is 1.88. The van der Waals surface area contributed by atoms with Crippen LogP contribution in [0.3, 0.4) is 0 Å². The summed E-state index contributed by atoms with van der Waals surface area (Å²) in [5.74, 6) is 0. The first kappa shape index (κ1) is 13.6. The van der Waals surface area contributed by atoms with Crippen LogP contribution >= 0.6 is 8.46 Å². The molecule has 0 aliphatic heterocycles. The van der Waals surface area contributed by atoms with Crippen LogP contribution in [-0.2, 0) is 6.18 Å². The summed E-state index contributed by atoms with van der Waals surface area (Å²) in [5, 5.41) is 1.03. The highest BCUT2D eigenvalue weighted by Crippen LogP contribution is 2.31. The first-order valence-electron chi connectivity index (χ1n) is 4.97. The summed E-state index contributed by atoms with van der Waals surface area (Å²) < 4.78 is 36.9. The summed E-state index contributed by atoms with van der Waals surface area (Å²) in [6, 6.07) is 5.37. The van der Waals surface area contributed by atoms with Gasteiger partial charge in [-0.15, -0.1) is 8.46 Å². The maximum atomic E-state index is 12.3. The zero-order valence-corrected chi connectivity index (χ0v) is 10.5. The van der Waals surface area contributed by atoms with Gasteiger partial charge in [0.05, 0.1) is 5.56 Å². The lowest BCUT2D eigenvalue weighted by molar-refractivity contribution is -0.137. The van der Waals surface area contributed by atoms with Crippen molar-refractivity contribution >= 4 is 20.8 Å². The van der Waals surface area contributed by atoms with Gasteiger partial charge in [-0.2, -0.15) is 13.2 Å². The first-order chi connectivity index (χ1) is 7.18. The van der Waals surface area contributed by atoms with E-state index in [0.717, 1.165) is 17.4 Å². The number of hydrogen-bond donors (Lipinski definition) is 0. The van der Waals surface area contributed by atoms with Crippen LogP contribution in [0.1, 0.15) is 26.3 Å². The Morgan fingerprint density at radius 3 is 1.88 bits per heavy atom. The van der Waals surface area contributed by atoms with Crippen LogP contribution in [0.2, 0.25) is 5.31 Å². The zero-order chi connectivity index (χ0) is 12.4. The maximum absolute atomic E-state index is 12.3. The largest absolute Gasteiger partial charge is 0.416 e. The van der Waals surface area contributed by atoms with Crippen LogP contribution in [0.4, 0.5) is 13.2 Å². The molecule has 1 atom stereocenters. The van der Waals surface area contributed by atoms with Crippen LogP contribution in [0, 0.1) is 0 Å². The average molecular weight is 245 g/mol. The molecule has 1 radical (unpaired) electrons. The molecule has 0 fully saturated rings. The van der Waals surface area contributed by atoms with E-state index in [1.165, 1.54) is 0 Å². The molecule has 5 heteroatoms. The Labute approximate surface area is 96.6 Å². The van der Waals surface area contributed by atoms with Gasteiger partial charge >= 0.3 is 6.18 Å². The standard InChI is InChI=1S/C11H14BF3P/c1-10(2,3)12-16-9-6-4-8(5-7-9)11(13,14)15/h4-7,16H,1-3H3. The van der Waals surface area contributed by atoms with Gasteiger partial charge in [-0.1, -0.05) is 38.2 Å². The van der Waals surface area contributed by atoms with Crippen molar-refractivity contribution in [2.45, 2.75) is 32.3 Å². The van der Waals surface area contributed by atoms with Crippen molar-refractivity contribution in [2.75, 3.05) is 0 Å². The zero-order valence-electron chi connectivity index (χ0n) is 9.52. The highest BCUT2D eigenvalue weighted by molar-refractivity contribution is 7.77. The molecule has 1 aromatic rings. The van der Waals surface area contributed by atoms with Gasteiger partial charge in [-0.3, -0.25) is 0 Å². The molecule has 0 aliphatic carbocycles. The Morgan fingerprint density at radius 1 is 1.00 bits per heavy atom. The second kappa shape index (κ2) is 4.79. The fourth-order valence-corrected chi connectivity index (χ4v) is 2.01. The molecular weight excluding hydrogens is 231 g/mol. The van der Waals surface area contributed by atoms with Crippen LogP contribution in [0.25, 0.3) is 0 Å². The van der Waals surface area contributed by atoms with Gasteiger partial charge < -0.3 is 0 Å².